The van der Waals surface area contributed by atoms with Crippen LogP contribution in [-0.4, -0.2) is 36.6 Å². The molecule has 0 saturated carbocycles. The average molecular weight is 458 g/mol. The molecular formula is C26H23N3O3S. The molecule has 0 saturated heterocycles. The van der Waals surface area contributed by atoms with Gasteiger partial charge in [0.1, 0.15) is 0 Å². The van der Waals surface area contributed by atoms with Gasteiger partial charge in [0.2, 0.25) is 0 Å². The smallest absolute Gasteiger partial charge is 0.271 e. The van der Waals surface area contributed by atoms with E-state index >= 15 is 0 Å². The van der Waals surface area contributed by atoms with Crippen molar-refractivity contribution in [1.82, 2.24) is 10.4 Å². The van der Waals surface area contributed by atoms with Crippen molar-refractivity contribution >= 4 is 34.7 Å². The number of ether oxygens (including phenoxy) is 2. The van der Waals surface area contributed by atoms with Gasteiger partial charge in [0.25, 0.3) is 5.91 Å². The summed E-state index contributed by atoms with van der Waals surface area (Å²) in [6.45, 7) is 0.541. The topological polar surface area (TPSA) is 72.8 Å². The van der Waals surface area contributed by atoms with Crippen LogP contribution in [0.1, 0.15) is 15.9 Å². The maximum Gasteiger partial charge on any atom is 0.271 e. The van der Waals surface area contributed by atoms with Crippen LogP contribution >= 0.6 is 11.8 Å². The van der Waals surface area contributed by atoms with Gasteiger partial charge < -0.3 is 9.47 Å². The monoisotopic (exact) mass is 457 g/mol. The highest BCUT2D eigenvalue weighted by Gasteiger charge is 2.07. The predicted octanol–water partition coefficient (Wildman–Crippen LogP) is 5.18. The zero-order valence-corrected chi connectivity index (χ0v) is 18.9. The molecule has 6 nitrogen and oxygen atoms in total. The summed E-state index contributed by atoms with van der Waals surface area (Å²) in [5.41, 5.74) is 3.77. The van der Waals surface area contributed by atoms with Gasteiger partial charge in [-0.25, -0.2) is 5.43 Å². The first-order valence-electron chi connectivity index (χ1n) is 10.4. The number of hydrogen-bond donors (Lipinski definition) is 1. The molecule has 4 aromatic rings. The fraction of sp³-hybridized carbons (Fsp3) is 0.115. The maximum absolute atomic E-state index is 12.0. The lowest BCUT2D eigenvalue weighted by molar-refractivity contribution is 0.0955. The van der Waals surface area contributed by atoms with Crippen molar-refractivity contribution in [3.8, 4) is 11.5 Å². The van der Waals surface area contributed by atoms with E-state index in [2.05, 4.69) is 58.0 Å². The second-order valence-electron chi connectivity index (χ2n) is 7.02. The highest BCUT2D eigenvalue weighted by atomic mass is 32.2. The third-order valence-electron chi connectivity index (χ3n) is 4.86. The number of methoxy groups -OCH3 is 1. The quantitative estimate of drug-likeness (QED) is 0.162. The summed E-state index contributed by atoms with van der Waals surface area (Å²) in [6.07, 6.45) is 4.67. The van der Waals surface area contributed by atoms with Gasteiger partial charge >= 0.3 is 0 Å². The molecular weight excluding hydrogens is 434 g/mol. The van der Waals surface area contributed by atoms with Gasteiger partial charge in [-0.15, -0.1) is 11.8 Å². The lowest BCUT2D eigenvalue weighted by Crippen LogP contribution is -2.17. The predicted molar refractivity (Wildman–Crippen MR) is 132 cm³/mol. The van der Waals surface area contributed by atoms with Crippen LogP contribution < -0.4 is 14.9 Å². The van der Waals surface area contributed by atoms with Crippen LogP contribution in [0, 0.1) is 0 Å². The second kappa shape index (κ2) is 11.2. The van der Waals surface area contributed by atoms with Crippen LogP contribution in [0.2, 0.25) is 0 Å². The number of fused-ring (bicyclic) bond motifs is 1. The first-order valence-corrected chi connectivity index (χ1v) is 11.4. The number of nitrogens with one attached hydrogen (secondary N) is 1. The van der Waals surface area contributed by atoms with Crippen LogP contribution in [0.25, 0.3) is 10.8 Å². The molecule has 0 fully saturated rings. The summed E-state index contributed by atoms with van der Waals surface area (Å²) < 4.78 is 11.4. The van der Waals surface area contributed by atoms with Crippen molar-refractivity contribution in [2.24, 2.45) is 5.10 Å². The minimum atomic E-state index is -0.302. The number of aromatic nitrogens is 1. The zero-order chi connectivity index (χ0) is 22.9. The Morgan fingerprint density at radius 2 is 1.85 bits per heavy atom. The number of hydrogen-bond acceptors (Lipinski definition) is 6. The number of benzene rings is 3. The van der Waals surface area contributed by atoms with E-state index in [0.29, 0.717) is 23.7 Å². The second-order valence-corrected chi connectivity index (χ2v) is 8.16. The summed E-state index contributed by atoms with van der Waals surface area (Å²) in [7, 11) is 1.60. The van der Waals surface area contributed by atoms with Crippen molar-refractivity contribution in [3.63, 3.8) is 0 Å². The van der Waals surface area contributed by atoms with Crippen LogP contribution in [0.3, 0.4) is 0 Å². The summed E-state index contributed by atoms with van der Waals surface area (Å²) in [5, 5.41) is 6.50. The minimum absolute atomic E-state index is 0.302. The molecule has 0 atom stereocenters. The van der Waals surface area contributed by atoms with Gasteiger partial charge in [-0.1, -0.05) is 36.4 Å². The van der Waals surface area contributed by atoms with Crippen molar-refractivity contribution < 1.29 is 14.3 Å². The van der Waals surface area contributed by atoms with E-state index in [-0.39, 0.29) is 5.91 Å². The van der Waals surface area contributed by atoms with E-state index in [1.54, 1.807) is 49.6 Å². The van der Waals surface area contributed by atoms with Crippen LogP contribution in [0.15, 0.2) is 95.2 Å². The summed E-state index contributed by atoms with van der Waals surface area (Å²) >= 11 is 1.77. The third-order valence-corrected chi connectivity index (χ3v) is 5.90. The van der Waals surface area contributed by atoms with Crippen molar-refractivity contribution in [3.05, 3.63) is 96.3 Å². The first-order chi connectivity index (χ1) is 16.2. The van der Waals surface area contributed by atoms with E-state index in [1.807, 2.05) is 18.2 Å². The summed E-state index contributed by atoms with van der Waals surface area (Å²) in [4.78, 5) is 17.2. The number of hydrazone groups is 1. The highest BCUT2D eigenvalue weighted by Crippen LogP contribution is 2.30. The molecule has 0 spiro atoms. The normalized spacial score (nSPS) is 10.9. The number of nitrogens with zero attached hydrogens (tertiary/aromatic N) is 2. The van der Waals surface area contributed by atoms with E-state index in [9.17, 15) is 4.79 Å². The molecule has 7 heteroatoms. The van der Waals surface area contributed by atoms with Gasteiger partial charge in [0, 0.05) is 28.6 Å². The third kappa shape index (κ3) is 5.90. The Bertz CT molecular complexity index is 1260. The number of pyridine rings is 1. The van der Waals surface area contributed by atoms with Crippen molar-refractivity contribution in [1.29, 1.82) is 0 Å². The van der Waals surface area contributed by atoms with Gasteiger partial charge in [0.05, 0.1) is 19.9 Å². The van der Waals surface area contributed by atoms with E-state index in [1.165, 1.54) is 15.7 Å². The van der Waals surface area contributed by atoms with E-state index in [4.69, 9.17) is 9.47 Å². The van der Waals surface area contributed by atoms with Gasteiger partial charge in [0.15, 0.2) is 11.5 Å². The van der Waals surface area contributed by atoms with Crippen molar-refractivity contribution in [2.45, 2.75) is 4.90 Å². The molecule has 1 heterocycles. The van der Waals surface area contributed by atoms with E-state index in [0.717, 1.165) is 11.3 Å². The van der Waals surface area contributed by atoms with E-state index < -0.39 is 0 Å². The lowest BCUT2D eigenvalue weighted by Gasteiger charge is -2.12. The van der Waals surface area contributed by atoms with Gasteiger partial charge in [-0.2, -0.15) is 5.10 Å². The van der Waals surface area contributed by atoms with Gasteiger partial charge in [-0.3, -0.25) is 9.78 Å². The Morgan fingerprint density at radius 1 is 1.03 bits per heavy atom. The molecule has 33 heavy (non-hydrogen) atoms. The van der Waals surface area contributed by atoms with Crippen LogP contribution in [0.4, 0.5) is 0 Å². The molecule has 0 aliphatic heterocycles. The Kier molecular flexibility index (Phi) is 7.56. The number of rotatable bonds is 9. The molecule has 0 radical (unpaired) electrons. The Hall–Kier alpha value is -3.84. The molecule has 0 bridgehead atoms. The summed E-state index contributed by atoms with van der Waals surface area (Å²) in [6, 6.07) is 23.5. The standard InChI is InChI=1S/C26H23N3O3S/c1-31-24-17-19(18-28-29-26(30)21-11-13-27-14-12-21)9-10-23(24)32-15-16-33-25-8-4-6-20-5-2-3-7-22(20)25/h2-14,17-18H,15-16H2,1H3,(H,29,30)/b28-18-. The number of carbonyl (C=O) groups excluding carboxylic acids is 1. The Labute approximate surface area is 196 Å². The molecule has 1 amide bonds. The molecule has 1 aromatic heterocycles. The minimum Gasteiger partial charge on any atom is -0.493 e. The zero-order valence-electron chi connectivity index (χ0n) is 18.1. The molecule has 0 aliphatic carbocycles. The molecule has 1 N–H and O–H groups in total. The molecule has 166 valence electrons. The van der Waals surface area contributed by atoms with Crippen LogP contribution in [0.5, 0.6) is 11.5 Å². The SMILES string of the molecule is COc1cc(/C=N\NC(=O)c2ccncc2)ccc1OCCSc1cccc2ccccc12. The number of amides is 1. The molecule has 4 rings (SSSR count). The molecule has 3 aromatic carbocycles. The fourth-order valence-corrected chi connectivity index (χ4v) is 4.14. The van der Waals surface area contributed by atoms with Gasteiger partial charge in [-0.05, 0) is 52.7 Å². The Morgan fingerprint density at radius 3 is 2.70 bits per heavy atom. The fourth-order valence-electron chi connectivity index (χ4n) is 3.24. The van der Waals surface area contributed by atoms with Crippen LogP contribution in [-0.2, 0) is 0 Å². The largest absolute Gasteiger partial charge is 0.493 e. The highest BCUT2D eigenvalue weighted by molar-refractivity contribution is 7.99. The average Bonchev–Trinajstić information content (AvgIpc) is 2.87. The molecule has 0 aliphatic rings. The Balaban J connectivity index is 1.31. The first kappa shape index (κ1) is 22.4. The maximum atomic E-state index is 12.0. The summed E-state index contributed by atoms with van der Waals surface area (Å²) in [5.74, 6) is 1.77. The molecule has 0 unspecified atom stereocenters. The lowest BCUT2D eigenvalue weighted by atomic mass is 10.1. The number of thioether (sulfide) groups is 1. The van der Waals surface area contributed by atoms with Crippen molar-refractivity contribution in [2.75, 3.05) is 19.5 Å². The number of carbonyl (C=O) groups is 1.